The van der Waals surface area contributed by atoms with Gasteiger partial charge in [-0.05, 0) is 42.4 Å². The first-order chi connectivity index (χ1) is 11.1. The molecule has 1 heterocycles. The van der Waals surface area contributed by atoms with E-state index < -0.39 is 5.60 Å². The molecule has 132 valence electrons. The van der Waals surface area contributed by atoms with Gasteiger partial charge in [0.25, 0.3) is 0 Å². The zero-order chi connectivity index (χ0) is 18.0. The minimum absolute atomic E-state index is 0.290. The van der Waals surface area contributed by atoms with Crippen LogP contribution in [0.2, 0.25) is 5.02 Å². The molecule has 2 rings (SSSR count). The van der Waals surface area contributed by atoms with Gasteiger partial charge in [0.15, 0.2) is 5.16 Å². The van der Waals surface area contributed by atoms with Crippen LogP contribution in [-0.4, -0.2) is 25.5 Å². The third kappa shape index (κ3) is 4.49. The van der Waals surface area contributed by atoms with Crippen molar-refractivity contribution in [2.45, 2.75) is 57.3 Å². The van der Waals surface area contributed by atoms with E-state index in [1.807, 2.05) is 20.8 Å². The molecule has 1 atom stereocenters. The van der Waals surface area contributed by atoms with Crippen LogP contribution in [-0.2, 0) is 13.0 Å². The number of hydrogen-bond donors (Lipinski definition) is 2. The molecule has 4 nitrogen and oxygen atoms in total. The molecule has 1 aromatic heterocycles. The molecule has 24 heavy (non-hydrogen) atoms. The monoisotopic (exact) mass is 371 g/mol. The molecule has 0 amide bonds. The second-order valence-corrected chi connectivity index (χ2v) is 7.92. The zero-order valence-electron chi connectivity index (χ0n) is 14.1. The van der Waals surface area contributed by atoms with Crippen molar-refractivity contribution in [1.82, 2.24) is 14.8 Å². The van der Waals surface area contributed by atoms with Crippen LogP contribution in [0.25, 0.3) is 0 Å². The maximum atomic E-state index is 13.9. The van der Waals surface area contributed by atoms with E-state index in [4.69, 9.17) is 11.6 Å². The largest absolute Gasteiger partial charge is 0.387 e. The molecule has 0 aliphatic rings. The van der Waals surface area contributed by atoms with Crippen molar-refractivity contribution in [2.24, 2.45) is 5.41 Å². The fourth-order valence-corrected chi connectivity index (χ4v) is 2.94. The van der Waals surface area contributed by atoms with Crippen molar-refractivity contribution in [3.63, 3.8) is 0 Å². The van der Waals surface area contributed by atoms with Crippen molar-refractivity contribution in [3.05, 3.63) is 40.9 Å². The average molecular weight is 372 g/mol. The van der Waals surface area contributed by atoms with Crippen LogP contribution in [0.5, 0.6) is 0 Å². The predicted molar refractivity (Wildman–Crippen MR) is 96.0 cm³/mol. The van der Waals surface area contributed by atoms with Crippen LogP contribution < -0.4 is 0 Å². The minimum atomic E-state index is -1.01. The summed E-state index contributed by atoms with van der Waals surface area (Å²) in [6.45, 7) is 6.22. The summed E-state index contributed by atoms with van der Waals surface area (Å²) in [4.78, 5) is 3.97. The van der Waals surface area contributed by atoms with Crippen LogP contribution in [0, 0.1) is 11.2 Å². The number of aliphatic hydroxyl groups is 1. The van der Waals surface area contributed by atoms with E-state index in [0.29, 0.717) is 41.5 Å². The number of halogens is 2. The lowest BCUT2D eigenvalue weighted by molar-refractivity contribution is -0.0826. The Labute approximate surface area is 152 Å². The van der Waals surface area contributed by atoms with Gasteiger partial charge in [-0.3, -0.25) is 0 Å². The minimum Gasteiger partial charge on any atom is -0.387 e. The van der Waals surface area contributed by atoms with Crippen molar-refractivity contribution in [1.29, 1.82) is 0 Å². The van der Waals surface area contributed by atoms with E-state index in [2.05, 4.69) is 22.7 Å². The number of rotatable bonds is 6. The Balaban J connectivity index is 2.08. The van der Waals surface area contributed by atoms with E-state index in [-0.39, 0.29) is 11.2 Å². The molecular weight excluding hydrogens is 349 g/mol. The molecule has 0 fully saturated rings. The normalized spacial score (nSPS) is 14.6. The number of hydrogen-bond acceptors (Lipinski definition) is 4. The Kier molecular flexibility index (Phi) is 5.94. The van der Waals surface area contributed by atoms with Gasteiger partial charge >= 0.3 is 0 Å². The van der Waals surface area contributed by atoms with Gasteiger partial charge in [-0.2, -0.15) is 5.10 Å². The number of nitrogens with zero attached hydrogens (tertiary/aromatic N) is 3. The van der Waals surface area contributed by atoms with E-state index in [0.717, 1.165) is 0 Å². The van der Waals surface area contributed by atoms with E-state index in [1.165, 1.54) is 12.4 Å². The highest BCUT2D eigenvalue weighted by atomic mass is 35.5. The Hall–Kier alpha value is -1.11. The highest BCUT2D eigenvalue weighted by Gasteiger charge is 2.40. The first kappa shape index (κ1) is 19.2. The summed E-state index contributed by atoms with van der Waals surface area (Å²) in [6, 6.07) is 4.69. The van der Waals surface area contributed by atoms with E-state index in [9.17, 15) is 9.50 Å². The molecule has 0 spiro atoms. The van der Waals surface area contributed by atoms with Gasteiger partial charge in [-0.1, -0.05) is 38.4 Å². The Bertz CT molecular complexity index is 701. The molecule has 0 aliphatic heterocycles. The summed E-state index contributed by atoms with van der Waals surface area (Å²) in [5.74, 6) is -0.310. The predicted octanol–water partition coefficient (Wildman–Crippen LogP) is 4.16. The molecule has 2 aromatic rings. The molecule has 0 saturated heterocycles. The first-order valence-electron chi connectivity index (χ1n) is 7.85. The standard InChI is InChI=1S/C17H23ClFN3OS/c1-16(2,3)17(23,10-22-15(24)20-11-21-22)8-4-5-12-6-7-13(18)9-14(12)19/h6-7,9,11,23H,4-5,8,10H2,1-3H3,(H,20,21,24). The molecule has 1 aromatic carbocycles. The molecule has 1 N–H and O–H groups in total. The SMILES string of the molecule is CC(C)(C)C(O)(CCCc1ccc(Cl)cc1F)Cn1ncnc1S. The van der Waals surface area contributed by atoms with E-state index in [1.54, 1.807) is 16.8 Å². The fraction of sp³-hybridized carbons (Fsp3) is 0.529. The Morgan fingerprint density at radius 1 is 1.33 bits per heavy atom. The van der Waals surface area contributed by atoms with Crippen LogP contribution in [0.1, 0.15) is 39.2 Å². The second-order valence-electron chi connectivity index (χ2n) is 7.09. The van der Waals surface area contributed by atoms with Crippen molar-refractivity contribution in [2.75, 3.05) is 0 Å². The highest BCUT2D eigenvalue weighted by molar-refractivity contribution is 7.80. The van der Waals surface area contributed by atoms with Gasteiger partial charge in [0.2, 0.25) is 0 Å². The average Bonchev–Trinajstić information content (AvgIpc) is 2.85. The summed E-state index contributed by atoms with van der Waals surface area (Å²) in [5.41, 5.74) is -0.787. The maximum absolute atomic E-state index is 13.9. The van der Waals surface area contributed by atoms with Gasteiger partial charge in [-0.15, -0.1) is 12.6 Å². The quantitative estimate of drug-likeness (QED) is 0.749. The Morgan fingerprint density at radius 3 is 2.58 bits per heavy atom. The summed E-state index contributed by atoms with van der Waals surface area (Å²) in [6.07, 6.45) is 3.09. The maximum Gasteiger partial charge on any atom is 0.183 e. The number of aryl methyl sites for hydroxylation is 1. The summed E-state index contributed by atoms with van der Waals surface area (Å²) < 4.78 is 15.5. The van der Waals surface area contributed by atoms with Gasteiger partial charge < -0.3 is 5.11 Å². The number of aromatic nitrogens is 3. The molecular formula is C17H23ClFN3OS. The number of thiol groups is 1. The van der Waals surface area contributed by atoms with Crippen molar-refractivity contribution >= 4 is 24.2 Å². The lowest BCUT2D eigenvalue weighted by Crippen LogP contribution is -2.47. The van der Waals surface area contributed by atoms with Gasteiger partial charge in [0, 0.05) is 5.02 Å². The summed E-state index contributed by atoms with van der Waals surface area (Å²) in [5, 5.41) is 16.1. The van der Waals surface area contributed by atoms with Crippen LogP contribution in [0.4, 0.5) is 4.39 Å². The molecule has 7 heteroatoms. The van der Waals surface area contributed by atoms with Gasteiger partial charge in [0.05, 0.1) is 12.1 Å². The molecule has 0 saturated carbocycles. The molecule has 1 unspecified atom stereocenters. The smallest absolute Gasteiger partial charge is 0.183 e. The third-order valence-corrected chi connectivity index (χ3v) is 5.04. The van der Waals surface area contributed by atoms with Gasteiger partial charge in [-0.25, -0.2) is 14.1 Å². The summed E-state index contributed by atoms with van der Waals surface area (Å²) >= 11 is 10.0. The lowest BCUT2D eigenvalue weighted by atomic mass is 9.73. The molecule has 0 bridgehead atoms. The topological polar surface area (TPSA) is 50.9 Å². The highest BCUT2D eigenvalue weighted by Crippen LogP contribution is 2.36. The van der Waals surface area contributed by atoms with Gasteiger partial charge in [0.1, 0.15) is 12.1 Å². The van der Waals surface area contributed by atoms with E-state index >= 15 is 0 Å². The third-order valence-electron chi connectivity index (χ3n) is 4.45. The Morgan fingerprint density at radius 2 is 2.04 bits per heavy atom. The molecule has 0 aliphatic carbocycles. The molecule has 0 radical (unpaired) electrons. The van der Waals surface area contributed by atoms with Crippen LogP contribution in [0.3, 0.4) is 0 Å². The fourth-order valence-electron chi connectivity index (χ4n) is 2.60. The zero-order valence-corrected chi connectivity index (χ0v) is 15.8. The summed E-state index contributed by atoms with van der Waals surface area (Å²) in [7, 11) is 0. The van der Waals surface area contributed by atoms with Crippen LogP contribution in [0.15, 0.2) is 29.7 Å². The second kappa shape index (κ2) is 7.42. The number of benzene rings is 1. The first-order valence-corrected chi connectivity index (χ1v) is 8.68. The lowest BCUT2D eigenvalue weighted by Gasteiger charge is -2.40. The van der Waals surface area contributed by atoms with Crippen LogP contribution >= 0.6 is 24.2 Å². The van der Waals surface area contributed by atoms with Crippen molar-refractivity contribution < 1.29 is 9.50 Å². The van der Waals surface area contributed by atoms with Crippen molar-refractivity contribution in [3.8, 4) is 0 Å².